The zero-order chi connectivity index (χ0) is 17.9. The van der Waals surface area contributed by atoms with Crippen molar-refractivity contribution in [2.45, 2.75) is 32.2 Å². The Labute approximate surface area is 154 Å². The number of hydrazone groups is 1. The lowest BCUT2D eigenvalue weighted by Crippen LogP contribution is -2.30. The Morgan fingerprint density at radius 1 is 1.27 bits per heavy atom. The first-order chi connectivity index (χ1) is 12.7. The lowest BCUT2D eigenvalue weighted by molar-refractivity contribution is -0.121. The Balaban J connectivity index is 1.52. The first-order valence-electron chi connectivity index (χ1n) is 8.59. The van der Waals surface area contributed by atoms with Crippen LogP contribution in [-0.2, 0) is 24.2 Å². The van der Waals surface area contributed by atoms with Crippen LogP contribution in [0.1, 0.15) is 28.8 Å². The van der Waals surface area contributed by atoms with Crippen LogP contribution in [0.3, 0.4) is 0 Å². The van der Waals surface area contributed by atoms with E-state index in [9.17, 15) is 9.59 Å². The first-order valence-corrected chi connectivity index (χ1v) is 9.40. The summed E-state index contributed by atoms with van der Waals surface area (Å²) in [5, 5.41) is 4.62. The van der Waals surface area contributed by atoms with Crippen LogP contribution < -0.4 is 11.0 Å². The lowest BCUT2D eigenvalue weighted by Gasteiger charge is -2.10. The van der Waals surface area contributed by atoms with Gasteiger partial charge in [0.25, 0.3) is 11.5 Å². The van der Waals surface area contributed by atoms with E-state index in [0.29, 0.717) is 5.39 Å². The van der Waals surface area contributed by atoms with Crippen molar-refractivity contribution in [1.29, 1.82) is 0 Å². The third-order valence-electron chi connectivity index (χ3n) is 4.46. The summed E-state index contributed by atoms with van der Waals surface area (Å²) >= 11 is 1.60. The van der Waals surface area contributed by atoms with Gasteiger partial charge in [-0.1, -0.05) is 30.3 Å². The van der Waals surface area contributed by atoms with Gasteiger partial charge >= 0.3 is 0 Å². The number of nitrogens with one attached hydrogen (secondary N) is 1. The zero-order valence-electron chi connectivity index (χ0n) is 14.1. The van der Waals surface area contributed by atoms with Gasteiger partial charge in [0.05, 0.1) is 17.9 Å². The van der Waals surface area contributed by atoms with Gasteiger partial charge in [-0.05, 0) is 36.8 Å². The number of thiophene rings is 1. The van der Waals surface area contributed by atoms with Crippen molar-refractivity contribution < 1.29 is 4.79 Å². The number of hydrogen-bond donors (Lipinski definition) is 1. The minimum Gasteiger partial charge on any atom is -0.289 e. The number of aromatic nitrogens is 2. The van der Waals surface area contributed by atoms with Crippen molar-refractivity contribution in [3.63, 3.8) is 0 Å². The molecule has 0 fully saturated rings. The maximum absolute atomic E-state index is 12.8. The van der Waals surface area contributed by atoms with Gasteiger partial charge in [-0.25, -0.2) is 10.4 Å². The number of carbonyl (C=O) groups is 1. The fourth-order valence-corrected chi connectivity index (χ4v) is 4.42. The molecule has 0 saturated heterocycles. The van der Waals surface area contributed by atoms with Crippen LogP contribution in [0, 0.1) is 0 Å². The molecule has 3 aromatic rings. The van der Waals surface area contributed by atoms with E-state index in [0.717, 1.165) is 41.6 Å². The highest BCUT2D eigenvalue weighted by atomic mass is 32.1. The van der Waals surface area contributed by atoms with Crippen molar-refractivity contribution in [2.24, 2.45) is 5.10 Å². The number of aryl methyl sites for hydroxylation is 2. The molecule has 1 aliphatic carbocycles. The molecule has 1 aromatic carbocycles. The van der Waals surface area contributed by atoms with Crippen molar-refractivity contribution in [1.82, 2.24) is 15.0 Å². The molecule has 1 aliphatic rings. The smallest absolute Gasteiger partial charge is 0.262 e. The number of amides is 1. The molecule has 0 spiro atoms. The van der Waals surface area contributed by atoms with Gasteiger partial charge in [0.2, 0.25) is 0 Å². The third kappa shape index (κ3) is 3.30. The molecule has 0 saturated carbocycles. The molecule has 1 N–H and O–H groups in total. The molecule has 2 aromatic heterocycles. The second-order valence-electron chi connectivity index (χ2n) is 6.27. The highest BCUT2D eigenvalue weighted by Gasteiger charge is 2.20. The quantitative estimate of drug-likeness (QED) is 0.569. The summed E-state index contributed by atoms with van der Waals surface area (Å²) in [4.78, 5) is 31.4. The van der Waals surface area contributed by atoms with E-state index in [1.54, 1.807) is 17.6 Å². The van der Waals surface area contributed by atoms with E-state index >= 15 is 0 Å². The standard InChI is InChI=1S/C19H18N4O2S/c24-16(22-21-10-13-6-2-1-3-7-13)11-23-12-20-18-17(19(23)25)14-8-4-5-9-15(14)26-18/h1-3,6-7,10,12H,4-5,8-9,11H2,(H,22,24)/b21-10+. The maximum Gasteiger partial charge on any atom is 0.262 e. The van der Waals surface area contributed by atoms with Crippen LogP contribution >= 0.6 is 11.3 Å². The molecule has 4 rings (SSSR count). The molecule has 0 unspecified atom stereocenters. The van der Waals surface area contributed by atoms with Crippen molar-refractivity contribution in [2.75, 3.05) is 0 Å². The molecule has 132 valence electrons. The number of nitrogens with zero attached hydrogens (tertiary/aromatic N) is 3. The summed E-state index contributed by atoms with van der Waals surface area (Å²) in [6.07, 6.45) is 7.22. The van der Waals surface area contributed by atoms with E-state index < -0.39 is 0 Å². The van der Waals surface area contributed by atoms with Crippen LogP contribution in [0.15, 0.2) is 46.6 Å². The Hall–Kier alpha value is -2.80. The van der Waals surface area contributed by atoms with E-state index in [1.807, 2.05) is 30.3 Å². The molecule has 26 heavy (non-hydrogen) atoms. The molecule has 2 heterocycles. The molecular weight excluding hydrogens is 348 g/mol. The van der Waals surface area contributed by atoms with Gasteiger partial charge in [-0.15, -0.1) is 11.3 Å². The maximum atomic E-state index is 12.8. The molecule has 7 heteroatoms. The summed E-state index contributed by atoms with van der Waals surface area (Å²) in [6, 6.07) is 9.47. The Morgan fingerprint density at radius 2 is 2.08 bits per heavy atom. The van der Waals surface area contributed by atoms with E-state index in [4.69, 9.17) is 0 Å². The Kier molecular flexibility index (Phi) is 4.62. The monoisotopic (exact) mass is 366 g/mol. The van der Waals surface area contributed by atoms with Crippen LogP contribution in [-0.4, -0.2) is 21.7 Å². The number of carbonyl (C=O) groups excluding carboxylic acids is 1. The highest BCUT2D eigenvalue weighted by Crippen LogP contribution is 2.33. The zero-order valence-corrected chi connectivity index (χ0v) is 15.0. The first kappa shape index (κ1) is 16.7. The largest absolute Gasteiger partial charge is 0.289 e. The van der Waals surface area contributed by atoms with Gasteiger partial charge in [0, 0.05) is 4.88 Å². The topological polar surface area (TPSA) is 76.3 Å². The molecule has 0 radical (unpaired) electrons. The average Bonchev–Trinajstić information content (AvgIpc) is 3.04. The highest BCUT2D eigenvalue weighted by molar-refractivity contribution is 7.18. The second kappa shape index (κ2) is 7.21. The second-order valence-corrected chi connectivity index (χ2v) is 7.36. The summed E-state index contributed by atoms with van der Waals surface area (Å²) in [6.45, 7) is -0.0987. The number of hydrogen-bond acceptors (Lipinski definition) is 5. The molecule has 0 atom stereocenters. The minimum absolute atomic E-state index is 0.0987. The molecule has 6 nitrogen and oxygen atoms in total. The van der Waals surface area contributed by atoms with E-state index in [-0.39, 0.29) is 18.0 Å². The number of benzene rings is 1. The predicted molar refractivity (Wildman–Crippen MR) is 103 cm³/mol. The summed E-state index contributed by atoms with van der Waals surface area (Å²) in [5.41, 5.74) is 4.33. The van der Waals surface area contributed by atoms with Crippen LogP contribution in [0.5, 0.6) is 0 Å². The normalized spacial score (nSPS) is 13.8. The Morgan fingerprint density at radius 3 is 2.92 bits per heavy atom. The predicted octanol–water partition coefficient (Wildman–Crippen LogP) is 2.49. The molecule has 0 aliphatic heterocycles. The molecular formula is C19H18N4O2S. The SMILES string of the molecule is O=C(Cn1cnc2sc3c(c2c1=O)CCCC3)N/N=C/c1ccccc1. The van der Waals surface area contributed by atoms with Crippen LogP contribution in [0.25, 0.3) is 10.2 Å². The van der Waals surface area contributed by atoms with Crippen molar-refractivity contribution >= 4 is 33.7 Å². The van der Waals surface area contributed by atoms with Crippen molar-refractivity contribution in [3.05, 3.63) is 63.0 Å². The van der Waals surface area contributed by atoms with Gasteiger partial charge in [-0.2, -0.15) is 5.10 Å². The fraction of sp³-hybridized carbons (Fsp3) is 0.263. The van der Waals surface area contributed by atoms with Gasteiger partial charge < -0.3 is 0 Å². The third-order valence-corrected chi connectivity index (χ3v) is 5.66. The van der Waals surface area contributed by atoms with Crippen LogP contribution in [0.4, 0.5) is 0 Å². The number of rotatable bonds is 4. The van der Waals surface area contributed by atoms with Crippen LogP contribution in [0.2, 0.25) is 0 Å². The minimum atomic E-state index is -0.357. The molecule has 1 amide bonds. The van der Waals surface area contributed by atoms with Crippen molar-refractivity contribution in [3.8, 4) is 0 Å². The van der Waals surface area contributed by atoms with Gasteiger partial charge in [0.15, 0.2) is 0 Å². The molecule has 0 bridgehead atoms. The van der Waals surface area contributed by atoms with E-state index in [2.05, 4.69) is 15.5 Å². The summed E-state index contributed by atoms with van der Waals surface area (Å²) in [7, 11) is 0. The lowest BCUT2D eigenvalue weighted by atomic mass is 9.97. The summed E-state index contributed by atoms with van der Waals surface area (Å²) in [5.74, 6) is -0.357. The van der Waals surface area contributed by atoms with E-state index in [1.165, 1.54) is 15.8 Å². The summed E-state index contributed by atoms with van der Waals surface area (Å²) < 4.78 is 1.36. The average molecular weight is 366 g/mol. The Bertz CT molecular complexity index is 1040. The van der Waals surface area contributed by atoms with Gasteiger partial charge in [-0.3, -0.25) is 14.2 Å². The number of fused-ring (bicyclic) bond motifs is 3. The van der Waals surface area contributed by atoms with Gasteiger partial charge in [0.1, 0.15) is 11.4 Å². The fourth-order valence-electron chi connectivity index (χ4n) is 3.20.